The summed E-state index contributed by atoms with van der Waals surface area (Å²) < 4.78 is 0. The van der Waals surface area contributed by atoms with E-state index in [2.05, 4.69) is 231 Å². The molecule has 0 bridgehead atoms. The fourth-order valence-corrected chi connectivity index (χ4v) is 10.1. The fraction of sp³-hybridized carbons (Fsp3) is 0.0159. The van der Waals surface area contributed by atoms with Gasteiger partial charge >= 0.3 is 0 Å². The molecule has 304 valence electrons. The first kappa shape index (κ1) is 38.2. The van der Waals surface area contributed by atoms with E-state index in [1.165, 1.54) is 87.6 Å². The first-order valence-corrected chi connectivity index (χ1v) is 22.3. The minimum Gasteiger partial charge on any atom is -0.255 e. The minimum absolute atomic E-state index is 0.845. The smallest absolute Gasteiger partial charge is 0.0894 e. The maximum absolute atomic E-state index is 5.42. The van der Waals surface area contributed by atoms with Crippen molar-refractivity contribution in [3.8, 4) is 78.3 Å². The van der Waals surface area contributed by atoms with Crippen LogP contribution in [0.3, 0.4) is 0 Å². The van der Waals surface area contributed by atoms with Gasteiger partial charge in [-0.15, -0.1) is 0 Å². The highest BCUT2D eigenvalue weighted by atomic mass is 14.8. The Morgan fingerprint density at radius 3 is 1.00 bits per heavy atom. The Labute approximate surface area is 378 Å². The predicted molar refractivity (Wildman–Crippen MR) is 275 cm³/mol. The molecule has 0 N–H and O–H groups in total. The highest BCUT2D eigenvalue weighted by Crippen LogP contribution is 2.46. The number of hydrogen-bond acceptors (Lipinski definition) is 2. The van der Waals surface area contributed by atoms with Crippen molar-refractivity contribution >= 4 is 43.1 Å². The minimum atomic E-state index is 0.845. The van der Waals surface area contributed by atoms with Gasteiger partial charge in [0, 0.05) is 17.3 Å². The SMILES string of the molecule is Cc1ccnc(-c2ccc(-c3ccc(-c4c5ccccc5c(-c5ccccc5)c5ccccc45)cc3)c(-c3ccc(-c4c5ccccc5c(-c5ccccc5)c5ccccc45)cc3)n2)c1. The van der Waals surface area contributed by atoms with Gasteiger partial charge in [-0.3, -0.25) is 4.98 Å². The third-order valence-electron chi connectivity index (χ3n) is 13.0. The van der Waals surface area contributed by atoms with Crippen molar-refractivity contribution in [1.82, 2.24) is 9.97 Å². The van der Waals surface area contributed by atoms with E-state index in [9.17, 15) is 0 Å². The fourth-order valence-electron chi connectivity index (χ4n) is 10.1. The Morgan fingerprint density at radius 2 is 0.615 bits per heavy atom. The molecule has 10 aromatic carbocycles. The first-order valence-electron chi connectivity index (χ1n) is 22.3. The van der Waals surface area contributed by atoms with Gasteiger partial charge in [-0.25, -0.2) is 4.98 Å². The molecule has 0 aliphatic rings. The summed E-state index contributed by atoms with van der Waals surface area (Å²) in [4.78, 5) is 10.2. The molecular formula is C63H42N2. The van der Waals surface area contributed by atoms with Crippen LogP contribution in [0.15, 0.2) is 237 Å². The lowest BCUT2D eigenvalue weighted by Gasteiger charge is -2.18. The molecular weight excluding hydrogens is 785 g/mol. The summed E-state index contributed by atoms with van der Waals surface area (Å²) in [5.74, 6) is 0. The van der Waals surface area contributed by atoms with E-state index in [1.54, 1.807) is 0 Å². The average molecular weight is 827 g/mol. The van der Waals surface area contributed by atoms with E-state index in [1.807, 2.05) is 12.3 Å². The molecule has 2 heteroatoms. The zero-order chi connectivity index (χ0) is 43.3. The van der Waals surface area contributed by atoms with Gasteiger partial charge in [0.2, 0.25) is 0 Å². The molecule has 0 radical (unpaired) electrons. The van der Waals surface area contributed by atoms with Crippen molar-refractivity contribution in [2.24, 2.45) is 0 Å². The molecule has 0 aliphatic heterocycles. The number of pyridine rings is 2. The summed E-state index contributed by atoms with van der Waals surface area (Å²) in [5, 5.41) is 9.94. The van der Waals surface area contributed by atoms with E-state index in [0.717, 1.165) is 39.3 Å². The average Bonchev–Trinajstić information content (AvgIpc) is 3.37. The number of aryl methyl sites for hydroxylation is 1. The van der Waals surface area contributed by atoms with Crippen molar-refractivity contribution in [3.63, 3.8) is 0 Å². The van der Waals surface area contributed by atoms with Crippen LogP contribution in [0.1, 0.15) is 5.56 Å². The van der Waals surface area contributed by atoms with Crippen LogP contribution in [-0.2, 0) is 0 Å². The zero-order valence-corrected chi connectivity index (χ0v) is 35.9. The van der Waals surface area contributed by atoms with E-state index in [0.29, 0.717) is 0 Å². The van der Waals surface area contributed by atoms with Crippen molar-refractivity contribution in [2.45, 2.75) is 6.92 Å². The van der Waals surface area contributed by atoms with Gasteiger partial charge < -0.3 is 0 Å². The molecule has 0 amide bonds. The normalized spacial score (nSPS) is 11.5. The molecule has 0 aliphatic carbocycles. The number of hydrogen-bond donors (Lipinski definition) is 0. The van der Waals surface area contributed by atoms with E-state index >= 15 is 0 Å². The second-order valence-electron chi connectivity index (χ2n) is 16.9. The van der Waals surface area contributed by atoms with E-state index < -0.39 is 0 Å². The predicted octanol–water partition coefficient (Wildman–Crippen LogP) is 17.1. The molecule has 0 fully saturated rings. The monoisotopic (exact) mass is 826 g/mol. The molecule has 2 heterocycles. The Bertz CT molecular complexity index is 3630. The van der Waals surface area contributed by atoms with E-state index in [4.69, 9.17) is 9.97 Å². The van der Waals surface area contributed by atoms with Crippen molar-refractivity contribution in [1.29, 1.82) is 0 Å². The lowest BCUT2D eigenvalue weighted by Crippen LogP contribution is -1.95. The number of rotatable bonds is 7. The van der Waals surface area contributed by atoms with Crippen LogP contribution in [0.2, 0.25) is 0 Å². The lowest BCUT2D eigenvalue weighted by molar-refractivity contribution is 1.23. The largest absolute Gasteiger partial charge is 0.255 e. The van der Waals surface area contributed by atoms with Crippen LogP contribution in [0.5, 0.6) is 0 Å². The molecule has 2 nitrogen and oxygen atoms in total. The molecule has 0 unspecified atom stereocenters. The highest BCUT2D eigenvalue weighted by Gasteiger charge is 2.20. The van der Waals surface area contributed by atoms with Crippen molar-refractivity contribution in [2.75, 3.05) is 0 Å². The first-order chi connectivity index (χ1) is 32.2. The van der Waals surface area contributed by atoms with Crippen LogP contribution in [-0.4, -0.2) is 9.97 Å². The summed E-state index contributed by atoms with van der Waals surface area (Å²) >= 11 is 0. The van der Waals surface area contributed by atoms with Gasteiger partial charge in [-0.2, -0.15) is 0 Å². The number of benzene rings is 10. The maximum atomic E-state index is 5.42. The second-order valence-corrected chi connectivity index (χ2v) is 16.9. The van der Waals surface area contributed by atoms with Crippen LogP contribution in [0, 0.1) is 6.92 Å². The van der Waals surface area contributed by atoms with Crippen molar-refractivity contribution in [3.05, 3.63) is 242 Å². The van der Waals surface area contributed by atoms with Gasteiger partial charge in [0.25, 0.3) is 0 Å². The molecule has 0 atom stereocenters. The zero-order valence-electron chi connectivity index (χ0n) is 35.9. The second kappa shape index (κ2) is 16.0. The molecule has 0 saturated carbocycles. The van der Waals surface area contributed by atoms with Gasteiger partial charge in [0.1, 0.15) is 0 Å². The van der Waals surface area contributed by atoms with Crippen LogP contribution < -0.4 is 0 Å². The van der Waals surface area contributed by atoms with Gasteiger partial charge in [0.15, 0.2) is 0 Å². The Morgan fingerprint density at radius 1 is 0.277 bits per heavy atom. The summed E-state index contributed by atoms with van der Waals surface area (Å²) in [6.07, 6.45) is 1.87. The summed E-state index contributed by atoms with van der Waals surface area (Å²) in [7, 11) is 0. The molecule has 12 aromatic rings. The Hall–Kier alpha value is -8.46. The van der Waals surface area contributed by atoms with Gasteiger partial charge in [0.05, 0.1) is 17.1 Å². The molecule has 65 heavy (non-hydrogen) atoms. The van der Waals surface area contributed by atoms with Gasteiger partial charge in [-0.1, -0.05) is 206 Å². The number of fused-ring (bicyclic) bond motifs is 4. The van der Waals surface area contributed by atoms with Gasteiger partial charge in [-0.05, 0) is 130 Å². The molecule has 2 aromatic heterocycles. The Kier molecular flexibility index (Phi) is 9.43. The lowest BCUT2D eigenvalue weighted by atomic mass is 9.85. The molecule has 0 saturated heterocycles. The van der Waals surface area contributed by atoms with E-state index in [-0.39, 0.29) is 0 Å². The van der Waals surface area contributed by atoms with Crippen LogP contribution in [0.4, 0.5) is 0 Å². The van der Waals surface area contributed by atoms with Crippen LogP contribution in [0.25, 0.3) is 121 Å². The third kappa shape index (κ3) is 6.67. The van der Waals surface area contributed by atoms with Crippen molar-refractivity contribution < 1.29 is 0 Å². The highest BCUT2D eigenvalue weighted by molar-refractivity contribution is 6.22. The number of aromatic nitrogens is 2. The number of nitrogens with zero attached hydrogens (tertiary/aromatic N) is 2. The summed E-state index contributed by atoms with van der Waals surface area (Å²) in [6.45, 7) is 2.10. The molecule has 12 rings (SSSR count). The van der Waals surface area contributed by atoms with Crippen LogP contribution >= 0.6 is 0 Å². The maximum Gasteiger partial charge on any atom is 0.0894 e. The standard InChI is InChI=1S/C63H42N2/c1-41-38-39-64-58(40-41)57-37-36-48(42-28-30-45(31-29-42)61-53-24-12-8-20-49(53)59(43-16-4-2-5-17-43)50-21-9-13-25-54(50)61)63(65-57)47-34-32-46(33-35-47)62-55-26-14-10-22-51(55)60(44-18-6-3-7-19-44)52-23-11-15-27-56(52)62/h2-40H,1H3. The Balaban J connectivity index is 0.998. The topological polar surface area (TPSA) is 25.8 Å². The summed E-state index contributed by atoms with van der Waals surface area (Å²) in [5.41, 5.74) is 16.8. The summed E-state index contributed by atoms with van der Waals surface area (Å²) in [6, 6.07) is 83.5. The quantitative estimate of drug-likeness (QED) is 0.150. The molecule has 0 spiro atoms. The third-order valence-corrected chi connectivity index (χ3v) is 13.0.